The first kappa shape index (κ1) is 26.2. The van der Waals surface area contributed by atoms with Gasteiger partial charge < -0.3 is 19.5 Å². The SMILES string of the molecule is Cc1nc2ccc(-c3cc(C)c4c(c3)CN(C(=O)N3CCCCC3c3ccc(C(F)(F)F)cc3)CCO4)cc2[nH]1. The second-order valence-corrected chi connectivity index (χ2v) is 10.7. The predicted molar refractivity (Wildman–Crippen MR) is 147 cm³/mol. The van der Waals surface area contributed by atoms with Crippen LogP contribution in [0.15, 0.2) is 54.6 Å². The van der Waals surface area contributed by atoms with Gasteiger partial charge in [0, 0.05) is 12.1 Å². The van der Waals surface area contributed by atoms with E-state index in [2.05, 4.69) is 28.2 Å². The fraction of sp³-hybridized carbons (Fsp3) is 0.355. The number of piperidine rings is 1. The number of carbonyl (C=O) groups is 1. The number of carbonyl (C=O) groups excluding carboxylic acids is 1. The number of amides is 2. The van der Waals surface area contributed by atoms with Gasteiger partial charge in [0.2, 0.25) is 0 Å². The Morgan fingerprint density at radius 1 is 1.00 bits per heavy atom. The molecule has 1 aromatic heterocycles. The second-order valence-electron chi connectivity index (χ2n) is 10.7. The maximum atomic E-state index is 13.9. The number of halogens is 3. The van der Waals surface area contributed by atoms with Gasteiger partial charge in [-0.25, -0.2) is 9.78 Å². The molecular formula is C31H31F3N4O2. The minimum absolute atomic E-state index is 0.113. The third-order valence-electron chi connectivity index (χ3n) is 7.90. The number of aromatic amines is 1. The Bertz CT molecular complexity index is 1560. The topological polar surface area (TPSA) is 61.5 Å². The fourth-order valence-corrected chi connectivity index (χ4v) is 5.94. The van der Waals surface area contributed by atoms with E-state index in [9.17, 15) is 18.0 Å². The lowest BCUT2D eigenvalue weighted by Crippen LogP contribution is -2.47. The Hall–Kier alpha value is -4.01. The molecule has 1 fully saturated rings. The van der Waals surface area contributed by atoms with Crippen molar-refractivity contribution in [2.75, 3.05) is 19.7 Å². The van der Waals surface area contributed by atoms with Crippen LogP contribution < -0.4 is 4.74 Å². The molecular weight excluding hydrogens is 517 g/mol. The molecule has 3 heterocycles. The molecule has 4 aromatic rings. The zero-order valence-electron chi connectivity index (χ0n) is 22.5. The number of hydrogen-bond acceptors (Lipinski definition) is 3. The summed E-state index contributed by atoms with van der Waals surface area (Å²) in [7, 11) is 0. The Balaban J connectivity index is 1.27. The lowest BCUT2D eigenvalue weighted by molar-refractivity contribution is -0.137. The van der Waals surface area contributed by atoms with Gasteiger partial charge in [-0.2, -0.15) is 13.2 Å². The number of urea groups is 1. The van der Waals surface area contributed by atoms with Crippen molar-refractivity contribution in [2.45, 2.75) is 51.9 Å². The molecule has 6 rings (SSSR count). The van der Waals surface area contributed by atoms with Crippen LogP contribution in [0.3, 0.4) is 0 Å². The zero-order valence-corrected chi connectivity index (χ0v) is 22.5. The molecule has 3 aromatic carbocycles. The molecule has 9 heteroatoms. The van der Waals surface area contributed by atoms with E-state index in [0.717, 1.165) is 81.8 Å². The highest BCUT2D eigenvalue weighted by atomic mass is 19.4. The predicted octanol–water partition coefficient (Wildman–Crippen LogP) is 7.41. The summed E-state index contributed by atoms with van der Waals surface area (Å²) >= 11 is 0. The van der Waals surface area contributed by atoms with E-state index in [1.165, 1.54) is 12.1 Å². The van der Waals surface area contributed by atoms with Gasteiger partial charge in [-0.1, -0.05) is 18.2 Å². The monoisotopic (exact) mass is 548 g/mol. The highest BCUT2D eigenvalue weighted by Gasteiger charge is 2.34. The molecule has 2 aliphatic heterocycles. The summed E-state index contributed by atoms with van der Waals surface area (Å²) < 4.78 is 45.5. The van der Waals surface area contributed by atoms with Crippen LogP contribution in [0.25, 0.3) is 22.2 Å². The van der Waals surface area contributed by atoms with Crippen molar-refractivity contribution in [3.63, 3.8) is 0 Å². The number of alkyl halides is 3. The van der Waals surface area contributed by atoms with Gasteiger partial charge in [-0.3, -0.25) is 0 Å². The van der Waals surface area contributed by atoms with E-state index in [1.807, 2.05) is 30.9 Å². The minimum atomic E-state index is -4.39. The molecule has 1 N–H and O–H groups in total. The molecule has 0 spiro atoms. The molecule has 0 radical (unpaired) electrons. The largest absolute Gasteiger partial charge is 0.491 e. The highest BCUT2D eigenvalue weighted by Crippen LogP contribution is 2.37. The van der Waals surface area contributed by atoms with Gasteiger partial charge in [0.1, 0.15) is 18.2 Å². The summed E-state index contributed by atoms with van der Waals surface area (Å²) in [5.74, 6) is 1.66. The summed E-state index contributed by atoms with van der Waals surface area (Å²) in [4.78, 5) is 25.3. The zero-order chi connectivity index (χ0) is 28.0. The number of aromatic nitrogens is 2. The highest BCUT2D eigenvalue weighted by molar-refractivity contribution is 5.83. The van der Waals surface area contributed by atoms with E-state index in [-0.39, 0.29) is 12.1 Å². The third-order valence-corrected chi connectivity index (χ3v) is 7.90. The van der Waals surface area contributed by atoms with Gasteiger partial charge in [0.05, 0.1) is 35.7 Å². The molecule has 2 amide bonds. The number of nitrogens with zero attached hydrogens (tertiary/aromatic N) is 3. The number of imidazole rings is 1. The van der Waals surface area contributed by atoms with Crippen LogP contribution in [0.2, 0.25) is 0 Å². The van der Waals surface area contributed by atoms with Crippen LogP contribution in [0.1, 0.15) is 53.4 Å². The third kappa shape index (κ3) is 5.00. The maximum Gasteiger partial charge on any atom is 0.416 e. The number of aryl methyl sites for hydroxylation is 2. The van der Waals surface area contributed by atoms with Crippen molar-refractivity contribution in [2.24, 2.45) is 0 Å². The van der Waals surface area contributed by atoms with Crippen LogP contribution in [0, 0.1) is 13.8 Å². The molecule has 1 unspecified atom stereocenters. The van der Waals surface area contributed by atoms with E-state index < -0.39 is 11.7 Å². The van der Waals surface area contributed by atoms with Crippen LogP contribution in [-0.4, -0.2) is 45.5 Å². The van der Waals surface area contributed by atoms with Crippen molar-refractivity contribution in [1.29, 1.82) is 0 Å². The van der Waals surface area contributed by atoms with Gasteiger partial charge in [-0.15, -0.1) is 0 Å². The van der Waals surface area contributed by atoms with Crippen LogP contribution >= 0.6 is 0 Å². The molecule has 0 bridgehead atoms. The number of rotatable bonds is 2. The van der Waals surface area contributed by atoms with E-state index in [4.69, 9.17) is 4.74 Å². The van der Waals surface area contributed by atoms with Crippen molar-refractivity contribution in [3.05, 3.63) is 82.7 Å². The minimum Gasteiger partial charge on any atom is -0.491 e. The molecule has 0 saturated carbocycles. The quantitative estimate of drug-likeness (QED) is 0.284. The summed E-state index contributed by atoms with van der Waals surface area (Å²) in [5, 5.41) is 0. The number of benzene rings is 3. The van der Waals surface area contributed by atoms with Gasteiger partial charge in [0.25, 0.3) is 0 Å². The number of fused-ring (bicyclic) bond motifs is 2. The van der Waals surface area contributed by atoms with Gasteiger partial charge in [-0.05, 0) is 91.8 Å². The molecule has 1 saturated heterocycles. The normalized spacial score (nSPS) is 17.9. The molecule has 40 heavy (non-hydrogen) atoms. The first-order valence-electron chi connectivity index (χ1n) is 13.6. The van der Waals surface area contributed by atoms with Crippen LogP contribution in [-0.2, 0) is 12.7 Å². The van der Waals surface area contributed by atoms with Crippen LogP contribution in [0.4, 0.5) is 18.0 Å². The Morgan fingerprint density at radius 2 is 1.80 bits per heavy atom. The smallest absolute Gasteiger partial charge is 0.416 e. The van der Waals surface area contributed by atoms with E-state index in [1.54, 1.807) is 4.90 Å². The number of nitrogens with one attached hydrogen (secondary N) is 1. The molecule has 1 atom stereocenters. The first-order chi connectivity index (χ1) is 19.2. The van der Waals surface area contributed by atoms with Crippen molar-refractivity contribution < 1.29 is 22.7 Å². The van der Waals surface area contributed by atoms with E-state index >= 15 is 0 Å². The average molecular weight is 549 g/mol. The Kier molecular flexibility index (Phi) is 6.68. The molecule has 6 nitrogen and oxygen atoms in total. The average Bonchev–Trinajstić information content (AvgIpc) is 3.17. The Labute approximate surface area is 230 Å². The number of H-pyrrole nitrogens is 1. The standard InChI is InChI=1S/C31H31F3N4O2/c1-19-15-23(22-8-11-26-27(17-22)36-20(2)35-26)16-24-18-37(13-14-40-29(19)24)30(39)38-12-4-3-5-28(38)21-6-9-25(10-7-21)31(32,33)34/h6-11,15-17,28H,3-5,12-14,18H2,1-2H3,(H,35,36). The number of hydrogen-bond donors (Lipinski definition) is 1. The summed E-state index contributed by atoms with van der Waals surface area (Å²) in [6.45, 7) is 5.71. The van der Waals surface area contributed by atoms with Crippen LogP contribution in [0.5, 0.6) is 5.75 Å². The summed E-state index contributed by atoms with van der Waals surface area (Å²) in [6, 6.07) is 15.2. The first-order valence-corrected chi connectivity index (χ1v) is 13.6. The summed E-state index contributed by atoms with van der Waals surface area (Å²) in [6.07, 6.45) is -1.89. The van der Waals surface area contributed by atoms with Gasteiger partial charge >= 0.3 is 12.2 Å². The summed E-state index contributed by atoms with van der Waals surface area (Å²) in [5.41, 5.74) is 5.95. The van der Waals surface area contributed by atoms with E-state index in [0.29, 0.717) is 26.2 Å². The van der Waals surface area contributed by atoms with Crippen molar-refractivity contribution >= 4 is 17.1 Å². The Morgan fingerprint density at radius 3 is 2.58 bits per heavy atom. The second kappa shape index (κ2) is 10.2. The van der Waals surface area contributed by atoms with Crippen molar-refractivity contribution in [1.82, 2.24) is 19.8 Å². The molecule has 0 aliphatic carbocycles. The fourth-order valence-electron chi connectivity index (χ4n) is 5.94. The molecule has 208 valence electrons. The number of ether oxygens (including phenoxy) is 1. The lowest BCUT2D eigenvalue weighted by atomic mass is 9.94. The number of likely N-dealkylation sites (tertiary alicyclic amines) is 1. The molecule has 2 aliphatic rings. The lowest BCUT2D eigenvalue weighted by Gasteiger charge is -2.39. The van der Waals surface area contributed by atoms with Gasteiger partial charge in [0.15, 0.2) is 0 Å². The maximum absolute atomic E-state index is 13.9. The van der Waals surface area contributed by atoms with Crippen molar-refractivity contribution in [3.8, 4) is 16.9 Å².